The molecule has 0 aliphatic rings. The summed E-state index contributed by atoms with van der Waals surface area (Å²) in [6, 6.07) is 25.9. The summed E-state index contributed by atoms with van der Waals surface area (Å²) in [6.07, 6.45) is 0. The molecule has 4 rings (SSSR count). The Morgan fingerprint density at radius 1 is 0.897 bits per heavy atom. The quantitative estimate of drug-likeness (QED) is 0.358. The highest BCUT2D eigenvalue weighted by Gasteiger charge is 2.19. The highest BCUT2D eigenvalue weighted by atomic mass is 32.1. The van der Waals surface area contributed by atoms with Gasteiger partial charge in [0, 0.05) is 17.1 Å². The Labute approximate surface area is 174 Å². The van der Waals surface area contributed by atoms with Crippen LogP contribution in [0.25, 0.3) is 11.4 Å². The van der Waals surface area contributed by atoms with Crippen molar-refractivity contribution in [2.45, 2.75) is 13.8 Å². The Morgan fingerprint density at radius 2 is 1.62 bits per heavy atom. The number of nitrogens with two attached hydrogens (primary N) is 1. The Bertz CT molecular complexity index is 1150. The maximum absolute atomic E-state index is 6.48. The van der Waals surface area contributed by atoms with E-state index in [1.807, 2.05) is 91.5 Å². The summed E-state index contributed by atoms with van der Waals surface area (Å²) < 4.78 is 4.54. The third-order valence-electron chi connectivity index (χ3n) is 4.37. The lowest BCUT2D eigenvalue weighted by molar-refractivity contribution is 1.22. The van der Waals surface area contributed by atoms with Gasteiger partial charge in [-0.1, -0.05) is 54.6 Å². The molecule has 0 saturated heterocycles. The van der Waals surface area contributed by atoms with Crippen LogP contribution in [0.4, 0.5) is 16.5 Å². The molecule has 1 heterocycles. The molecule has 29 heavy (non-hydrogen) atoms. The lowest BCUT2D eigenvalue weighted by Gasteiger charge is -2.20. The van der Waals surface area contributed by atoms with E-state index in [2.05, 4.69) is 15.4 Å². The summed E-state index contributed by atoms with van der Waals surface area (Å²) in [4.78, 5) is 11.2. The van der Waals surface area contributed by atoms with Gasteiger partial charge in [-0.05, 0) is 49.2 Å². The van der Waals surface area contributed by atoms with Crippen LogP contribution in [0, 0.1) is 13.8 Å². The van der Waals surface area contributed by atoms with Gasteiger partial charge in [0.1, 0.15) is 0 Å². The minimum Gasteiger partial charge on any atom is -0.369 e. The highest BCUT2D eigenvalue weighted by Crippen LogP contribution is 2.31. The topological polar surface area (TPSA) is 67.4 Å². The number of benzene rings is 3. The molecule has 0 unspecified atom stereocenters. The van der Waals surface area contributed by atoms with Gasteiger partial charge in [0.2, 0.25) is 11.1 Å². The number of rotatable bonds is 4. The first-order valence-corrected chi connectivity index (χ1v) is 10.0. The first kappa shape index (κ1) is 18.8. The van der Waals surface area contributed by atoms with Crippen LogP contribution >= 0.6 is 11.5 Å². The van der Waals surface area contributed by atoms with E-state index < -0.39 is 0 Å². The van der Waals surface area contributed by atoms with Gasteiger partial charge >= 0.3 is 0 Å². The van der Waals surface area contributed by atoms with Gasteiger partial charge in [0.15, 0.2) is 5.82 Å². The van der Waals surface area contributed by atoms with Crippen LogP contribution in [-0.2, 0) is 0 Å². The predicted octanol–water partition coefficient (Wildman–Crippen LogP) is 5.61. The molecule has 2 N–H and O–H groups in total. The molecule has 0 spiro atoms. The van der Waals surface area contributed by atoms with Gasteiger partial charge in [-0.15, -0.1) is 0 Å². The number of aryl methyl sites for hydroxylation is 2. The molecule has 0 fully saturated rings. The van der Waals surface area contributed by atoms with Crippen LogP contribution < -0.4 is 10.6 Å². The van der Waals surface area contributed by atoms with Crippen LogP contribution in [0.1, 0.15) is 11.1 Å². The first-order chi connectivity index (χ1) is 14.1. The average Bonchev–Trinajstić information content (AvgIpc) is 3.18. The van der Waals surface area contributed by atoms with E-state index in [1.165, 1.54) is 11.5 Å². The number of hydrogen-bond donors (Lipinski definition) is 1. The molecule has 0 radical (unpaired) electrons. The zero-order valence-corrected chi connectivity index (χ0v) is 17.1. The third kappa shape index (κ3) is 4.33. The maximum atomic E-state index is 6.48. The second kappa shape index (κ2) is 8.24. The maximum Gasteiger partial charge on any atom is 0.217 e. The van der Waals surface area contributed by atoms with Crippen LogP contribution in [0.2, 0.25) is 0 Å². The van der Waals surface area contributed by atoms with Gasteiger partial charge in [-0.25, -0.2) is 4.99 Å². The van der Waals surface area contributed by atoms with E-state index in [9.17, 15) is 0 Å². The Hall–Kier alpha value is -3.51. The minimum absolute atomic E-state index is 0.344. The van der Waals surface area contributed by atoms with Crippen molar-refractivity contribution in [3.63, 3.8) is 0 Å². The van der Waals surface area contributed by atoms with Crippen molar-refractivity contribution < 1.29 is 0 Å². The van der Waals surface area contributed by atoms with E-state index in [4.69, 9.17) is 10.7 Å². The predicted molar refractivity (Wildman–Crippen MR) is 121 cm³/mol. The number of hydrogen-bond acceptors (Lipinski definition) is 4. The zero-order valence-electron chi connectivity index (χ0n) is 16.3. The van der Waals surface area contributed by atoms with Gasteiger partial charge in [0.25, 0.3) is 0 Å². The van der Waals surface area contributed by atoms with Crippen molar-refractivity contribution in [1.29, 1.82) is 0 Å². The van der Waals surface area contributed by atoms with Crippen LogP contribution in [0.5, 0.6) is 0 Å². The SMILES string of the molecule is Cc1cccc(N=C(N)N(c2cccc(C)c2)c2nc(-c3ccccc3)ns2)c1. The average molecular weight is 400 g/mol. The smallest absolute Gasteiger partial charge is 0.217 e. The molecule has 0 amide bonds. The minimum atomic E-state index is 0.344. The van der Waals surface area contributed by atoms with Crippen molar-refractivity contribution in [3.8, 4) is 11.4 Å². The number of nitrogens with zero attached hydrogens (tertiary/aromatic N) is 4. The number of aromatic nitrogens is 2. The molecule has 1 aromatic heterocycles. The van der Waals surface area contributed by atoms with E-state index in [-0.39, 0.29) is 0 Å². The molecule has 0 aliphatic carbocycles. The molecular weight excluding hydrogens is 378 g/mol. The summed E-state index contributed by atoms with van der Waals surface area (Å²) in [5, 5.41) is 0.670. The summed E-state index contributed by atoms with van der Waals surface area (Å²) in [7, 11) is 0. The fourth-order valence-corrected chi connectivity index (χ4v) is 3.72. The normalized spacial score (nSPS) is 11.4. The number of guanidine groups is 1. The van der Waals surface area contributed by atoms with Crippen molar-refractivity contribution in [2.75, 3.05) is 4.90 Å². The highest BCUT2D eigenvalue weighted by molar-refractivity contribution is 7.10. The van der Waals surface area contributed by atoms with E-state index in [0.29, 0.717) is 16.9 Å². The summed E-state index contributed by atoms with van der Waals surface area (Å²) in [5.41, 5.74) is 11.4. The van der Waals surface area contributed by atoms with Crippen molar-refractivity contribution in [2.24, 2.45) is 10.7 Å². The first-order valence-electron chi connectivity index (χ1n) is 9.27. The Morgan fingerprint density at radius 3 is 2.34 bits per heavy atom. The van der Waals surface area contributed by atoms with Gasteiger partial charge in [-0.3, -0.25) is 4.90 Å². The van der Waals surface area contributed by atoms with Gasteiger partial charge in [0.05, 0.1) is 11.4 Å². The molecule has 0 aliphatic heterocycles. The van der Waals surface area contributed by atoms with Crippen molar-refractivity contribution >= 4 is 34.0 Å². The van der Waals surface area contributed by atoms with Gasteiger partial charge in [-0.2, -0.15) is 9.36 Å². The molecule has 0 bridgehead atoms. The number of aliphatic imine (C=N–C) groups is 1. The van der Waals surface area contributed by atoms with E-state index in [1.54, 1.807) is 0 Å². The summed E-state index contributed by atoms with van der Waals surface area (Å²) in [5.74, 6) is 1.02. The third-order valence-corrected chi connectivity index (χ3v) is 5.07. The lowest BCUT2D eigenvalue weighted by atomic mass is 10.2. The fraction of sp³-hybridized carbons (Fsp3) is 0.0870. The van der Waals surface area contributed by atoms with Crippen LogP contribution in [0.3, 0.4) is 0 Å². The standard InChI is InChI=1S/C23H21N5S/c1-16-8-6-12-19(14-16)25-22(24)28(20-13-7-9-17(2)15-20)23-26-21(27-29-23)18-10-4-3-5-11-18/h3-15H,1-2H3,(H2,24,25). The molecule has 4 aromatic rings. The van der Waals surface area contributed by atoms with Crippen LogP contribution in [0.15, 0.2) is 83.9 Å². The molecule has 144 valence electrons. The van der Waals surface area contributed by atoms with Crippen molar-refractivity contribution in [1.82, 2.24) is 9.36 Å². The molecule has 3 aromatic carbocycles. The molecule has 5 nitrogen and oxygen atoms in total. The second-order valence-corrected chi connectivity index (χ2v) is 7.48. The fourth-order valence-electron chi connectivity index (χ4n) is 3.00. The monoisotopic (exact) mass is 399 g/mol. The van der Waals surface area contributed by atoms with E-state index >= 15 is 0 Å². The van der Waals surface area contributed by atoms with Crippen molar-refractivity contribution in [3.05, 3.63) is 90.0 Å². The Balaban J connectivity index is 1.78. The Kier molecular flexibility index (Phi) is 5.35. The number of anilines is 2. The second-order valence-electron chi connectivity index (χ2n) is 6.75. The molecule has 6 heteroatoms. The lowest BCUT2D eigenvalue weighted by Crippen LogP contribution is -2.33. The largest absolute Gasteiger partial charge is 0.369 e. The van der Waals surface area contributed by atoms with E-state index in [0.717, 1.165) is 28.1 Å². The molecule has 0 saturated carbocycles. The summed E-state index contributed by atoms with van der Waals surface area (Å²) >= 11 is 1.30. The molecule has 0 atom stereocenters. The van der Waals surface area contributed by atoms with Gasteiger partial charge < -0.3 is 5.73 Å². The molecular formula is C23H21N5S. The zero-order chi connectivity index (χ0) is 20.2. The van der Waals surface area contributed by atoms with Crippen LogP contribution in [-0.4, -0.2) is 15.3 Å². The summed E-state index contributed by atoms with van der Waals surface area (Å²) in [6.45, 7) is 4.08.